The second kappa shape index (κ2) is 8.95. The van der Waals surface area contributed by atoms with E-state index in [-0.39, 0.29) is 12.4 Å². The molecule has 124 valence electrons. The van der Waals surface area contributed by atoms with Gasteiger partial charge in [0, 0.05) is 12.6 Å². The standard InChI is InChI=1S/C20H25NO.ClH/c1-16-6-8-18(9-7-16)15-22-20-12-10-17(11-13-20)14-21-19-4-2-3-5-19;/h6-13,19,21H,2-5,14-15H2,1H3;1H. The summed E-state index contributed by atoms with van der Waals surface area (Å²) in [6.07, 6.45) is 5.42. The molecule has 2 aromatic carbocycles. The molecule has 1 N–H and O–H groups in total. The van der Waals surface area contributed by atoms with Crippen molar-refractivity contribution < 1.29 is 4.74 Å². The van der Waals surface area contributed by atoms with Crippen LogP contribution in [0.2, 0.25) is 0 Å². The minimum Gasteiger partial charge on any atom is -0.489 e. The number of hydrogen-bond acceptors (Lipinski definition) is 2. The Kier molecular flexibility index (Phi) is 6.94. The fraction of sp³-hybridized carbons (Fsp3) is 0.400. The number of aryl methyl sites for hydroxylation is 1. The maximum absolute atomic E-state index is 5.84. The van der Waals surface area contributed by atoms with E-state index in [1.54, 1.807) is 0 Å². The van der Waals surface area contributed by atoms with E-state index in [0.29, 0.717) is 6.61 Å². The van der Waals surface area contributed by atoms with Crippen molar-refractivity contribution >= 4 is 12.4 Å². The molecule has 1 fully saturated rings. The fourth-order valence-corrected chi connectivity index (χ4v) is 2.95. The van der Waals surface area contributed by atoms with Gasteiger partial charge in [0.15, 0.2) is 0 Å². The van der Waals surface area contributed by atoms with E-state index in [2.05, 4.69) is 60.8 Å². The Labute approximate surface area is 145 Å². The average Bonchev–Trinajstić information content (AvgIpc) is 3.07. The van der Waals surface area contributed by atoms with E-state index in [0.717, 1.165) is 18.3 Å². The molecule has 1 saturated carbocycles. The molecule has 0 radical (unpaired) electrons. The maximum atomic E-state index is 5.84. The summed E-state index contributed by atoms with van der Waals surface area (Å²) >= 11 is 0. The predicted molar refractivity (Wildman–Crippen MR) is 98.3 cm³/mol. The van der Waals surface area contributed by atoms with Gasteiger partial charge in [0.2, 0.25) is 0 Å². The summed E-state index contributed by atoms with van der Waals surface area (Å²) in [6, 6.07) is 17.7. The van der Waals surface area contributed by atoms with Crippen LogP contribution in [0.25, 0.3) is 0 Å². The lowest BCUT2D eigenvalue weighted by molar-refractivity contribution is 0.306. The predicted octanol–water partition coefficient (Wildman–Crippen LogP) is 5.03. The molecule has 0 unspecified atom stereocenters. The van der Waals surface area contributed by atoms with Gasteiger partial charge in [0.05, 0.1) is 0 Å². The van der Waals surface area contributed by atoms with Gasteiger partial charge in [-0.25, -0.2) is 0 Å². The highest BCUT2D eigenvalue weighted by molar-refractivity contribution is 5.85. The molecule has 0 saturated heterocycles. The molecular weight excluding hydrogens is 306 g/mol. The highest BCUT2D eigenvalue weighted by Crippen LogP contribution is 2.19. The first kappa shape index (κ1) is 17.8. The summed E-state index contributed by atoms with van der Waals surface area (Å²) in [6.45, 7) is 3.69. The highest BCUT2D eigenvalue weighted by Gasteiger charge is 2.13. The van der Waals surface area contributed by atoms with Gasteiger partial charge in [-0.3, -0.25) is 0 Å². The zero-order valence-corrected chi connectivity index (χ0v) is 14.6. The van der Waals surface area contributed by atoms with E-state index in [4.69, 9.17) is 4.74 Å². The van der Waals surface area contributed by atoms with Crippen molar-refractivity contribution in [2.24, 2.45) is 0 Å². The number of halogens is 1. The van der Waals surface area contributed by atoms with Gasteiger partial charge in [0.25, 0.3) is 0 Å². The van der Waals surface area contributed by atoms with Crippen LogP contribution in [0, 0.1) is 6.92 Å². The molecule has 2 aromatic rings. The van der Waals surface area contributed by atoms with Crippen LogP contribution in [-0.4, -0.2) is 6.04 Å². The minimum absolute atomic E-state index is 0. The Bertz CT molecular complexity index is 574. The average molecular weight is 332 g/mol. The van der Waals surface area contributed by atoms with Crippen LogP contribution in [0.4, 0.5) is 0 Å². The number of ether oxygens (including phenoxy) is 1. The first-order valence-corrected chi connectivity index (χ1v) is 8.30. The Balaban J connectivity index is 0.00000192. The van der Waals surface area contributed by atoms with E-state index in [9.17, 15) is 0 Å². The lowest BCUT2D eigenvalue weighted by atomic mass is 10.1. The van der Waals surface area contributed by atoms with Crippen LogP contribution in [0.5, 0.6) is 5.75 Å². The molecule has 0 aromatic heterocycles. The first-order chi connectivity index (χ1) is 10.8. The third-order valence-corrected chi connectivity index (χ3v) is 4.40. The van der Waals surface area contributed by atoms with Crippen LogP contribution < -0.4 is 10.1 Å². The summed E-state index contributed by atoms with van der Waals surface area (Å²) in [5, 5.41) is 3.64. The summed E-state index contributed by atoms with van der Waals surface area (Å²) in [5.41, 5.74) is 3.81. The van der Waals surface area contributed by atoms with Gasteiger partial charge in [-0.2, -0.15) is 0 Å². The van der Waals surface area contributed by atoms with Gasteiger partial charge >= 0.3 is 0 Å². The Hall–Kier alpha value is -1.51. The van der Waals surface area contributed by atoms with Crippen LogP contribution >= 0.6 is 12.4 Å². The molecule has 23 heavy (non-hydrogen) atoms. The topological polar surface area (TPSA) is 21.3 Å². The molecule has 0 heterocycles. The summed E-state index contributed by atoms with van der Waals surface area (Å²) in [4.78, 5) is 0. The number of nitrogens with one attached hydrogen (secondary N) is 1. The molecule has 0 aliphatic heterocycles. The van der Waals surface area contributed by atoms with Crippen molar-refractivity contribution in [2.75, 3.05) is 0 Å². The maximum Gasteiger partial charge on any atom is 0.119 e. The Morgan fingerprint density at radius 3 is 2.17 bits per heavy atom. The van der Waals surface area contributed by atoms with E-state index < -0.39 is 0 Å². The van der Waals surface area contributed by atoms with Crippen LogP contribution in [0.15, 0.2) is 48.5 Å². The molecule has 3 heteroatoms. The van der Waals surface area contributed by atoms with Gasteiger partial charge < -0.3 is 10.1 Å². The van der Waals surface area contributed by atoms with Crippen molar-refractivity contribution in [1.29, 1.82) is 0 Å². The van der Waals surface area contributed by atoms with Crippen molar-refractivity contribution in [1.82, 2.24) is 5.32 Å². The van der Waals surface area contributed by atoms with E-state index >= 15 is 0 Å². The van der Waals surface area contributed by atoms with E-state index in [1.807, 2.05) is 0 Å². The second-order valence-electron chi connectivity index (χ2n) is 6.28. The molecule has 0 spiro atoms. The molecule has 0 amide bonds. The second-order valence-corrected chi connectivity index (χ2v) is 6.28. The molecule has 0 atom stereocenters. The lowest BCUT2D eigenvalue weighted by Gasteiger charge is -2.12. The van der Waals surface area contributed by atoms with E-state index in [1.165, 1.54) is 42.4 Å². The molecule has 1 aliphatic carbocycles. The molecule has 2 nitrogen and oxygen atoms in total. The van der Waals surface area contributed by atoms with Gasteiger partial charge in [-0.15, -0.1) is 12.4 Å². The quantitative estimate of drug-likeness (QED) is 0.801. The SMILES string of the molecule is Cc1ccc(COc2ccc(CNC3CCCC3)cc2)cc1.Cl. The summed E-state index contributed by atoms with van der Waals surface area (Å²) < 4.78 is 5.84. The van der Waals surface area contributed by atoms with Gasteiger partial charge in [-0.05, 0) is 43.0 Å². The third kappa shape index (κ3) is 5.56. The minimum atomic E-state index is 0. The third-order valence-electron chi connectivity index (χ3n) is 4.40. The van der Waals surface area contributed by atoms with Gasteiger partial charge in [0.1, 0.15) is 12.4 Å². The van der Waals surface area contributed by atoms with Gasteiger partial charge in [-0.1, -0.05) is 54.8 Å². The number of rotatable bonds is 6. The number of hydrogen-bond donors (Lipinski definition) is 1. The smallest absolute Gasteiger partial charge is 0.119 e. The van der Waals surface area contributed by atoms with Crippen molar-refractivity contribution in [3.8, 4) is 5.75 Å². The monoisotopic (exact) mass is 331 g/mol. The molecular formula is C20H26ClNO. The zero-order chi connectivity index (χ0) is 15.2. The molecule has 3 rings (SSSR count). The summed E-state index contributed by atoms with van der Waals surface area (Å²) in [7, 11) is 0. The number of benzene rings is 2. The first-order valence-electron chi connectivity index (χ1n) is 8.30. The molecule has 1 aliphatic rings. The van der Waals surface area contributed by atoms with Crippen LogP contribution in [0.1, 0.15) is 42.4 Å². The highest BCUT2D eigenvalue weighted by atomic mass is 35.5. The molecule has 0 bridgehead atoms. The zero-order valence-electron chi connectivity index (χ0n) is 13.8. The fourth-order valence-electron chi connectivity index (χ4n) is 2.95. The Morgan fingerprint density at radius 1 is 0.913 bits per heavy atom. The lowest BCUT2D eigenvalue weighted by Crippen LogP contribution is -2.25. The normalized spacial score (nSPS) is 14.5. The van der Waals surface area contributed by atoms with Crippen LogP contribution in [0.3, 0.4) is 0 Å². The Morgan fingerprint density at radius 2 is 1.52 bits per heavy atom. The van der Waals surface area contributed by atoms with Crippen molar-refractivity contribution in [3.05, 3.63) is 65.2 Å². The largest absolute Gasteiger partial charge is 0.489 e. The van der Waals surface area contributed by atoms with Crippen molar-refractivity contribution in [3.63, 3.8) is 0 Å². The summed E-state index contributed by atoms with van der Waals surface area (Å²) in [5.74, 6) is 0.935. The van der Waals surface area contributed by atoms with Crippen molar-refractivity contribution in [2.45, 2.75) is 51.8 Å². The van der Waals surface area contributed by atoms with Crippen LogP contribution in [-0.2, 0) is 13.2 Å².